The molecule has 0 amide bonds. The van der Waals surface area contributed by atoms with Crippen LogP contribution in [0, 0.1) is 0 Å². The van der Waals surface area contributed by atoms with Crippen molar-refractivity contribution < 1.29 is 9.53 Å². The molecule has 0 atom stereocenters. The summed E-state index contributed by atoms with van der Waals surface area (Å²) in [6.07, 6.45) is 0. The predicted octanol–water partition coefficient (Wildman–Crippen LogP) is 2.09. The average Bonchev–Trinajstić information content (AvgIpc) is 2.38. The second kappa shape index (κ2) is 4.79. The summed E-state index contributed by atoms with van der Waals surface area (Å²) in [6.45, 7) is 0. The van der Waals surface area contributed by atoms with Crippen LogP contribution < -0.4 is 16.2 Å². The van der Waals surface area contributed by atoms with E-state index in [0.717, 1.165) is 0 Å². The molecular weight excluding hydrogens is 228 g/mol. The maximum atomic E-state index is 12.2. The molecule has 2 rings (SSSR count). The number of anilines is 2. The van der Waals surface area contributed by atoms with Gasteiger partial charge in [-0.05, 0) is 36.4 Å². The van der Waals surface area contributed by atoms with Gasteiger partial charge in [0, 0.05) is 28.6 Å². The van der Waals surface area contributed by atoms with Crippen LogP contribution in [0.4, 0.5) is 11.4 Å². The first-order valence-corrected chi connectivity index (χ1v) is 5.45. The van der Waals surface area contributed by atoms with E-state index in [1.54, 1.807) is 42.5 Å². The van der Waals surface area contributed by atoms with Crippen molar-refractivity contribution in [3.05, 3.63) is 53.6 Å². The van der Waals surface area contributed by atoms with Crippen molar-refractivity contribution in [2.75, 3.05) is 18.6 Å². The van der Waals surface area contributed by atoms with Gasteiger partial charge in [-0.1, -0.05) is 0 Å². The molecule has 4 heteroatoms. The van der Waals surface area contributed by atoms with E-state index in [1.807, 2.05) is 0 Å². The molecule has 0 bridgehead atoms. The predicted molar refractivity (Wildman–Crippen MR) is 71.7 cm³/mol. The minimum absolute atomic E-state index is 0.111. The fourth-order valence-corrected chi connectivity index (χ4v) is 1.67. The second-order valence-corrected chi connectivity index (χ2v) is 3.95. The lowest BCUT2D eigenvalue weighted by Crippen LogP contribution is -2.03. The Morgan fingerprint density at radius 2 is 1.61 bits per heavy atom. The van der Waals surface area contributed by atoms with Crippen LogP contribution in [0.1, 0.15) is 15.9 Å². The maximum Gasteiger partial charge on any atom is 0.193 e. The van der Waals surface area contributed by atoms with Crippen LogP contribution >= 0.6 is 0 Å². The Balaban J connectivity index is 2.39. The highest BCUT2D eigenvalue weighted by Crippen LogP contribution is 2.21. The topological polar surface area (TPSA) is 78.3 Å². The molecule has 0 saturated carbocycles. The minimum Gasteiger partial charge on any atom is -0.497 e. The number of nitrogen functional groups attached to an aromatic ring is 2. The molecule has 0 fully saturated rings. The van der Waals surface area contributed by atoms with Gasteiger partial charge in [-0.25, -0.2) is 0 Å². The van der Waals surface area contributed by atoms with Gasteiger partial charge in [-0.15, -0.1) is 0 Å². The summed E-state index contributed by atoms with van der Waals surface area (Å²) in [5, 5.41) is 0. The maximum absolute atomic E-state index is 12.2. The molecule has 0 saturated heterocycles. The van der Waals surface area contributed by atoms with Crippen molar-refractivity contribution in [2.45, 2.75) is 0 Å². The molecule has 18 heavy (non-hydrogen) atoms. The molecule has 4 nitrogen and oxygen atoms in total. The SMILES string of the molecule is COc1cc(N)cc(C(=O)c2ccc(N)cc2)c1. The van der Waals surface area contributed by atoms with E-state index in [1.165, 1.54) is 7.11 Å². The molecule has 2 aromatic carbocycles. The molecule has 92 valence electrons. The fourth-order valence-electron chi connectivity index (χ4n) is 1.67. The molecule has 0 radical (unpaired) electrons. The molecule has 0 spiro atoms. The zero-order chi connectivity index (χ0) is 13.1. The van der Waals surface area contributed by atoms with Gasteiger partial charge in [0.25, 0.3) is 0 Å². The first kappa shape index (κ1) is 12.0. The molecular formula is C14H14N2O2. The smallest absolute Gasteiger partial charge is 0.193 e. The largest absolute Gasteiger partial charge is 0.497 e. The minimum atomic E-state index is -0.111. The molecule has 0 heterocycles. The van der Waals surface area contributed by atoms with Crippen molar-refractivity contribution in [3.63, 3.8) is 0 Å². The van der Waals surface area contributed by atoms with E-state index in [4.69, 9.17) is 16.2 Å². The van der Waals surface area contributed by atoms with Crippen LogP contribution in [0.5, 0.6) is 5.75 Å². The number of hydrogen-bond acceptors (Lipinski definition) is 4. The molecule has 0 unspecified atom stereocenters. The number of carbonyl (C=O) groups excluding carboxylic acids is 1. The average molecular weight is 242 g/mol. The first-order chi connectivity index (χ1) is 8.60. The van der Waals surface area contributed by atoms with Crippen molar-refractivity contribution in [1.29, 1.82) is 0 Å². The zero-order valence-corrected chi connectivity index (χ0v) is 10.0. The van der Waals surface area contributed by atoms with Gasteiger partial charge in [0.05, 0.1) is 7.11 Å². The molecule has 0 aliphatic carbocycles. The van der Waals surface area contributed by atoms with Crippen molar-refractivity contribution >= 4 is 17.2 Å². The lowest BCUT2D eigenvalue weighted by atomic mass is 10.0. The van der Waals surface area contributed by atoms with Crippen LogP contribution in [0.15, 0.2) is 42.5 Å². The van der Waals surface area contributed by atoms with Crippen molar-refractivity contribution in [3.8, 4) is 5.75 Å². The Morgan fingerprint density at radius 1 is 0.944 bits per heavy atom. The van der Waals surface area contributed by atoms with Gasteiger partial charge in [0.2, 0.25) is 0 Å². The van der Waals surface area contributed by atoms with Crippen molar-refractivity contribution in [2.24, 2.45) is 0 Å². The number of rotatable bonds is 3. The van der Waals surface area contributed by atoms with Gasteiger partial charge < -0.3 is 16.2 Å². The number of hydrogen-bond donors (Lipinski definition) is 2. The number of carbonyl (C=O) groups is 1. The Bertz CT molecular complexity index is 577. The fraction of sp³-hybridized carbons (Fsp3) is 0.0714. The standard InChI is InChI=1S/C14H14N2O2/c1-18-13-7-10(6-12(16)8-13)14(17)9-2-4-11(15)5-3-9/h2-8H,15-16H2,1H3. The van der Waals surface area contributed by atoms with Crippen LogP contribution in [-0.2, 0) is 0 Å². The Kier molecular flexibility index (Phi) is 3.19. The molecule has 0 aromatic heterocycles. The van der Waals surface area contributed by atoms with E-state index >= 15 is 0 Å². The lowest BCUT2D eigenvalue weighted by Gasteiger charge is -2.06. The summed E-state index contributed by atoms with van der Waals surface area (Å²) >= 11 is 0. The summed E-state index contributed by atoms with van der Waals surface area (Å²) in [5.74, 6) is 0.453. The Labute approximate surface area is 105 Å². The third kappa shape index (κ3) is 2.43. The van der Waals surface area contributed by atoms with E-state index in [-0.39, 0.29) is 5.78 Å². The van der Waals surface area contributed by atoms with E-state index < -0.39 is 0 Å². The Morgan fingerprint density at radius 3 is 2.22 bits per heavy atom. The number of nitrogens with two attached hydrogens (primary N) is 2. The van der Waals surface area contributed by atoms with Crippen LogP contribution in [-0.4, -0.2) is 12.9 Å². The van der Waals surface area contributed by atoms with Gasteiger partial charge in [-0.3, -0.25) is 4.79 Å². The number of ketones is 1. The quantitative estimate of drug-likeness (QED) is 0.638. The van der Waals surface area contributed by atoms with Gasteiger partial charge >= 0.3 is 0 Å². The number of benzene rings is 2. The summed E-state index contributed by atoms with van der Waals surface area (Å²) in [6, 6.07) is 11.7. The molecule has 4 N–H and O–H groups in total. The number of ether oxygens (including phenoxy) is 1. The molecule has 0 aliphatic heterocycles. The summed E-state index contributed by atoms with van der Waals surface area (Å²) in [4.78, 5) is 12.2. The summed E-state index contributed by atoms with van der Waals surface area (Å²) < 4.78 is 5.09. The normalized spacial score (nSPS) is 10.1. The monoisotopic (exact) mass is 242 g/mol. The third-order valence-electron chi connectivity index (χ3n) is 2.60. The molecule has 0 aliphatic rings. The number of methoxy groups -OCH3 is 1. The van der Waals surface area contributed by atoms with E-state index in [9.17, 15) is 4.79 Å². The summed E-state index contributed by atoms with van der Waals surface area (Å²) in [7, 11) is 1.53. The van der Waals surface area contributed by atoms with Gasteiger partial charge in [-0.2, -0.15) is 0 Å². The lowest BCUT2D eigenvalue weighted by molar-refractivity contribution is 0.103. The Hall–Kier alpha value is -2.49. The highest BCUT2D eigenvalue weighted by molar-refractivity contribution is 6.09. The molecule has 2 aromatic rings. The third-order valence-corrected chi connectivity index (χ3v) is 2.60. The van der Waals surface area contributed by atoms with Crippen LogP contribution in [0.2, 0.25) is 0 Å². The first-order valence-electron chi connectivity index (χ1n) is 5.45. The van der Waals surface area contributed by atoms with Crippen LogP contribution in [0.25, 0.3) is 0 Å². The highest BCUT2D eigenvalue weighted by atomic mass is 16.5. The van der Waals surface area contributed by atoms with Crippen LogP contribution in [0.3, 0.4) is 0 Å². The zero-order valence-electron chi connectivity index (χ0n) is 10.0. The van der Waals surface area contributed by atoms with E-state index in [2.05, 4.69) is 0 Å². The van der Waals surface area contributed by atoms with Gasteiger partial charge in [0.1, 0.15) is 5.75 Å². The summed E-state index contributed by atoms with van der Waals surface area (Å²) in [5.41, 5.74) is 13.5. The van der Waals surface area contributed by atoms with E-state index in [0.29, 0.717) is 28.3 Å². The van der Waals surface area contributed by atoms with Crippen molar-refractivity contribution in [1.82, 2.24) is 0 Å². The second-order valence-electron chi connectivity index (χ2n) is 3.95. The highest BCUT2D eigenvalue weighted by Gasteiger charge is 2.10. The van der Waals surface area contributed by atoms with Gasteiger partial charge in [0.15, 0.2) is 5.78 Å².